The molecular weight excluding hydrogens is 468 g/mol. The van der Waals surface area contributed by atoms with E-state index in [-0.39, 0.29) is 29.9 Å². The highest BCUT2D eigenvalue weighted by atomic mass is 79.9. The number of amides is 2. The third-order valence-corrected chi connectivity index (χ3v) is 5.78. The maximum atomic E-state index is 13.3. The summed E-state index contributed by atoms with van der Waals surface area (Å²) in [6.07, 6.45) is 0.515. The Kier molecular flexibility index (Phi) is 9.32. The van der Waals surface area contributed by atoms with Crippen LogP contribution in [-0.2, 0) is 21.5 Å². The third-order valence-electron chi connectivity index (χ3n) is 5.16. The van der Waals surface area contributed by atoms with Crippen molar-refractivity contribution in [1.29, 1.82) is 0 Å². The molecule has 0 fully saturated rings. The smallest absolute Gasteiger partial charge is 0.261 e. The first-order valence-electron chi connectivity index (χ1n) is 11.1. The molecule has 174 valence electrons. The van der Waals surface area contributed by atoms with Gasteiger partial charge in [-0.2, -0.15) is 0 Å². The predicted octanol–water partition coefficient (Wildman–Crippen LogP) is 5.46. The molecule has 0 heterocycles. The molecular formula is C26H35BrN2O3. The Labute approximate surface area is 200 Å². The molecule has 0 saturated carbocycles. The van der Waals surface area contributed by atoms with Gasteiger partial charge < -0.3 is 15.0 Å². The Hall–Kier alpha value is -2.34. The molecule has 2 aromatic carbocycles. The molecule has 1 atom stereocenters. The topological polar surface area (TPSA) is 58.6 Å². The lowest BCUT2D eigenvalue weighted by Crippen LogP contribution is -2.51. The summed E-state index contributed by atoms with van der Waals surface area (Å²) >= 11 is 3.56. The van der Waals surface area contributed by atoms with Crippen molar-refractivity contribution in [2.24, 2.45) is 0 Å². The minimum Gasteiger partial charge on any atom is -0.483 e. The van der Waals surface area contributed by atoms with E-state index in [9.17, 15) is 9.59 Å². The van der Waals surface area contributed by atoms with E-state index in [0.717, 1.165) is 10.0 Å². The van der Waals surface area contributed by atoms with Crippen molar-refractivity contribution in [3.8, 4) is 5.75 Å². The van der Waals surface area contributed by atoms with Crippen molar-refractivity contribution in [2.75, 3.05) is 6.61 Å². The van der Waals surface area contributed by atoms with Gasteiger partial charge in [0.15, 0.2) is 6.61 Å². The number of carbonyl (C=O) groups excluding carboxylic acids is 2. The summed E-state index contributed by atoms with van der Waals surface area (Å²) in [4.78, 5) is 27.7. The molecule has 0 radical (unpaired) electrons. The Bertz CT molecular complexity index is 907. The van der Waals surface area contributed by atoms with Gasteiger partial charge >= 0.3 is 0 Å². The summed E-state index contributed by atoms with van der Waals surface area (Å²) in [6.45, 7) is 12.4. The zero-order valence-corrected chi connectivity index (χ0v) is 21.5. The van der Waals surface area contributed by atoms with Crippen LogP contribution in [-0.4, -0.2) is 35.4 Å². The van der Waals surface area contributed by atoms with E-state index >= 15 is 0 Å². The molecule has 0 aliphatic carbocycles. The molecule has 2 rings (SSSR count). The Morgan fingerprint density at radius 3 is 2.28 bits per heavy atom. The Balaban J connectivity index is 2.21. The molecule has 0 bridgehead atoms. The lowest BCUT2D eigenvalue weighted by molar-refractivity contribution is -0.143. The number of nitrogens with zero attached hydrogens (tertiary/aromatic N) is 1. The normalized spacial score (nSPS) is 12.4. The summed E-state index contributed by atoms with van der Waals surface area (Å²) in [5.74, 6) is 0.222. The number of rotatable bonds is 9. The van der Waals surface area contributed by atoms with Crippen molar-refractivity contribution >= 4 is 27.7 Å². The zero-order chi connectivity index (χ0) is 23.9. The fraction of sp³-hybridized carbons (Fsp3) is 0.462. The molecule has 0 unspecified atom stereocenters. The van der Waals surface area contributed by atoms with Gasteiger partial charge in [-0.15, -0.1) is 0 Å². The van der Waals surface area contributed by atoms with E-state index in [1.165, 1.54) is 5.56 Å². The summed E-state index contributed by atoms with van der Waals surface area (Å²) in [5.41, 5.74) is 2.15. The average Bonchev–Trinajstić information content (AvgIpc) is 2.72. The van der Waals surface area contributed by atoms with Gasteiger partial charge in [-0.05, 0) is 64.9 Å². The summed E-state index contributed by atoms with van der Waals surface area (Å²) in [7, 11) is 0. The van der Waals surface area contributed by atoms with Gasteiger partial charge in [0.1, 0.15) is 11.8 Å². The van der Waals surface area contributed by atoms with Crippen molar-refractivity contribution < 1.29 is 14.3 Å². The van der Waals surface area contributed by atoms with Crippen LogP contribution in [0.3, 0.4) is 0 Å². The highest BCUT2D eigenvalue weighted by Gasteiger charge is 2.29. The molecule has 0 aliphatic heterocycles. The van der Waals surface area contributed by atoms with Crippen LogP contribution in [0, 0.1) is 0 Å². The number of carbonyl (C=O) groups is 2. The Morgan fingerprint density at radius 1 is 1.09 bits per heavy atom. The number of hydrogen-bond acceptors (Lipinski definition) is 3. The molecule has 0 spiro atoms. The van der Waals surface area contributed by atoms with E-state index in [4.69, 9.17) is 4.74 Å². The van der Waals surface area contributed by atoms with E-state index in [0.29, 0.717) is 18.7 Å². The van der Waals surface area contributed by atoms with E-state index in [1.807, 2.05) is 69.3 Å². The maximum absolute atomic E-state index is 13.3. The van der Waals surface area contributed by atoms with E-state index in [1.54, 1.807) is 4.90 Å². The van der Waals surface area contributed by atoms with Crippen LogP contribution >= 0.6 is 15.9 Å². The van der Waals surface area contributed by atoms with Crippen LogP contribution in [0.4, 0.5) is 0 Å². The van der Waals surface area contributed by atoms with Gasteiger partial charge in [-0.3, -0.25) is 9.59 Å². The molecule has 32 heavy (non-hydrogen) atoms. The fourth-order valence-electron chi connectivity index (χ4n) is 3.39. The first-order chi connectivity index (χ1) is 15.0. The van der Waals surface area contributed by atoms with Crippen LogP contribution < -0.4 is 10.1 Å². The van der Waals surface area contributed by atoms with Gasteiger partial charge in [-0.25, -0.2) is 0 Å². The molecule has 1 N–H and O–H groups in total. The van der Waals surface area contributed by atoms with Crippen LogP contribution in [0.2, 0.25) is 0 Å². The van der Waals surface area contributed by atoms with Crippen LogP contribution in [0.25, 0.3) is 0 Å². The maximum Gasteiger partial charge on any atom is 0.261 e. The third kappa shape index (κ3) is 7.37. The molecule has 2 amide bonds. The molecule has 0 aliphatic rings. The molecule has 6 heteroatoms. The largest absolute Gasteiger partial charge is 0.483 e. The minimum atomic E-state index is -0.569. The number of hydrogen-bond donors (Lipinski definition) is 1. The van der Waals surface area contributed by atoms with Crippen molar-refractivity contribution in [3.63, 3.8) is 0 Å². The first kappa shape index (κ1) is 25.9. The number of halogens is 1. The van der Waals surface area contributed by atoms with Gasteiger partial charge in [0, 0.05) is 12.6 Å². The highest BCUT2D eigenvalue weighted by Crippen LogP contribution is 2.31. The molecule has 5 nitrogen and oxygen atoms in total. The second kappa shape index (κ2) is 11.5. The van der Waals surface area contributed by atoms with E-state index < -0.39 is 6.04 Å². The quantitative estimate of drug-likeness (QED) is 0.495. The van der Waals surface area contributed by atoms with Gasteiger partial charge in [0.05, 0.1) is 4.47 Å². The van der Waals surface area contributed by atoms with Crippen molar-refractivity contribution in [1.82, 2.24) is 10.2 Å². The second-order valence-corrected chi connectivity index (χ2v) is 10.1. The number of nitrogens with one attached hydrogen (secondary N) is 1. The predicted molar refractivity (Wildman–Crippen MR) is 133 cm³/mol. The average molecular weight is 503 g/mol. The molecule has 0 aromatic heterocycles. The van der Waals surface area contributed by atoms with Gasteiger partial charge in [-0.1, -0.05) is 64.1 Å². The standard InChI is InChI=1S/C26H35BrN2O3/c1-7-22(25(31)28-18(2)3)29(16-19-11-9-8-10-12-19)24(30)17-32-23-14-13-20(15-21(23)27)26(4,5)6/h8-15,18,22H,7,16-17H2,1-6H3,(H,28,31)/t22-/m0/s1. The lowest BCUT2D eigenvalue weighted by atomic mass is 9.87. The minimum absolute atomic E-state index is 0.00114. The Morgan fingerprint density at radius 2 is 1.75 bits per heavy atom. The second-order valence-electron chi connectivity index (χ2n) is 9.28. The summed E-state index contributed by atoms with van der Waals surface area (Å²) in [5, 5.41) is 2.94. The van der Waals surface area contributed by atoms with E-state index in [2.05, 4.69) is 42.0 Å². The van der Waals surface area contributed by atoms with Crippen LogP contribution in [0.15, 0.2) is 53.0 Å². The first-order valence-corrected chi connectivity index (χ1v) is 11.9. The lowest BCUT2D eigenvalue weighted by Gasteiger charge is -2.31. The SMILES string of the molecule is CC[C@@H](C(=O)NC(C)C)N(Cc1ccccc1)C(=O)COc1ccc(C(C)(C)C)cc1Br. The number of benzene rings is 2. The summed E-state index contributed by atoms with van der Waals surface area (Å²) < 4.78 is 6.67. The monoisotopic (exact) mass is 502 g/mol. The van der Waals surface area contributed by atoms with Crippen LogP contribution in [0.5, 0.6) is 5.75 Å². The highest BCUT2D eigenvalue weighted by molar-refractivity contribution is 9.10. The van der Waals surface area contributed by atoms with Crippen molar-refractivity contribution in [3.05, 3.63) is 64.1 Å². The van der Waals surface area contributed by atoms with Gasteiger partial charge in [0.2, 0.25) is 5.91 Å². The van der Waals surface area contributed by atoms with Gasteiger partial charge in [0.25, 0.3) is 5.91 Å². The molecule has 2 aromatic rings. The van der Waals surface area contributed by atoms with Crippen molar-refractivity contribution in [2.45, 2.75) is 72.0 Å². The molecule has 0 saturated heterocycles. The summed E-state index contributed by atoms with van der Waals surface area (Å²) in [6, 6.07) is 15.0. The fourth-order valence-corrected chi connectivity index (χ4v) is 3.88. The van der Waals surface area contributed by atoms with Crippen LogP contribution in [0.1, 0.15) is 59.1 Å². The zero-order valence-electron chi connectivity index (χ0n) is 19.9. The number of ether oxygens (including phenoxy) is 1.